The molecule has 6 nitrogen and oxygen atoms in total. The number of aromatic carboxylic acids is 1. The fraction of sp³-hybridized carbons (Fsp3) is 0.250. The topological polar surface area (TPSA) is 84.9 Å². The highest BCUT2D eigenvalue weighted by atomic mass is 32.1. The van der Waals surface area contributed by atoms with Crippen LogP contribution in [0.4, 0.5) is 0 Å². The number of carboxylic acid groups (broad SMARTS) is 1. The van der Waals surface area contributed by atoms with Crippen LogP contribution >= 0.6 is 11.3 Å². The van der Waals surface area contributed by atoms with Gasteiger partial charge in [0, 0.05) is 12.0 Å². The summed E-state index contributed by atoms with van der Waals surface area (Å²) in [4.78, 5) is 24.1. The van der Waals surface area contributed by atoms with E-state index in [-0.39, 0.29) is 17.3 Å². The molecule has 1 heterocycles. The molecule has 0 unspecified atom stereocenters. The summed E-state index contributed by atoms with van der Waals surface area (Å²) in [6.07, 6.45) is 0. The van der Waals surface area contributed by atoms with Gasteiger partial charge >= 0.3 is 5.97 Å². The summed E-state index contributed by atoms with van der Waals surface area (Å²) in [6.45, 7) is 1.06. The Hall–Kier alpha value is -2.38. The van der Waals surface area contributed by atoms with Gasteiger partial charge in [0.2, 0.25) is 0 Å². The summed E-state index contributed by atoms with van der Waals surface area (Å²) in [6, 6.07) is 10.2. The Balaban J connectivity index is 1.98. The molecule has 122 valence electrons. The van der Waals surface area contributed by atoms with Crippen molar-refractivity contribution in [2.45, 2.75) is 6.54 Å². The van der Waals surface area contributed by atoms with E-state index in [1.807, 2.05) is 0 Å². The number of nitrogens with one attached hydrogen (secondary N) is 1. The van der Waals surface area contributed by atoms with E-state index in [0.29, 0.717) is 24.5 Å². The third-order valence-corrected chi connectivity index (χ3v) is 4.05. The lowest BCUT2D eigenvalue weighted by atomic mass is 10.2. The number of amides is 1. The van der Waals surface area contributed by atoms with Crippen molar-refractivity contribution in [3.8, 4) is 5.75 Å². The molecule has 2 N–H and O–H groups in total. The predicted octanol–water partition coefficient (Wildman–Crippen LogP) is 2.40. The highest BCUT2D eigenvalue weighted by Gasteiger charge is 2.13. The first-order valence-corrected chi connectivity index (χ1v) is 7.74. The van der Waals surface area contributed by atoms with Crippen molar-refractivity contribution in [3.05, 3.63) is 51.7 Å². The van der Waals surface area contributed by atoms with Gasteiger partial charge in [0.15, 0.2) is 0 Å². The number of ether oxygens (including phenoxy) is 2. The number of methoxy groups -OCH3 is 1. The number of hydrogen-bond donors (Lipinski definition) is 2. The number of rotatable bonds is 8. The average molecular weight is 335 g/mol. The Bertz CT molecular complexity index is 683. The van der Waals surface area contributed by atoms with E-state index in [1.165, 1.54) is 6.07 Å². The summed E-state index contributed by atoms with van der Waals surface area (Å²) >= 11 is 1.14. The molecule has 7 heteroatoms. The molecule has 0 bridgehead atoms. The summed E-state index contributed by atoms with van der Waals surface area (Å²) in [7, 11) is 1.58. The van der Waals surface area contributed by atoms with Crippen LogP contribution in [0.3, 0.4) is 0 Å². The molecule has 1 aromatic carbocycles. The third-order valence-electron chi connectivity index (χ3n) is 2.97. The molecular weight excluding hydrogens is 318 g/mol. The standard InChI is InChI=1S/C16H17NO5S/c1-21-8-9-22-13-5-3-2-4-12(13)15(18)17-10-11-6-7-14(23-11)16(19)20/h2-7H,8-10H2,1H3,(H,17,18)(H,19,20). The van der Waals surface area contributed by atoms with Crippen LogP contribution in [-0.4, -0.2) is 37.3 Å². The average Bonchev–Trinajstić information content (AvgIpc) is 3.02. The molecule has 0 atom stereocenters. The van der Waals surface area contributed by atoms with Gasteiger partial charge in [0.1, 0.15) is 17.2 Å². The summed E-state index contributed by atoms with van der Waals surface area (Å²) in [5.74, 6) is -0.757. The second-order valence-corrected chi connectivity index (χ2v) is 5.76. The monoisotopic (exact) mass is 335 g/mol. The van der Waals surface area contributed by atoms with Crippen molar-refractivity contribution in [2.24, 2.45) is 0 Å². The Morgan fingerprint density at radius 3 is 2.65 bits per heavy atom. The van der Waals surface area contributed by atoms with E-state index in [1.54, 1.807) is 37.4 Å². The van der Waals surface area contributed by atoms with Gasteiger partial charge in [-0.05, 0) is 24.3 Å². The van der Waals surface area contributed by atoms with E-state index in [2.05, 4.69) is 5.32 Å². The van der Waals surface area contributed by atoms with E-state index < -0.39 is 5.97 Å². The molecule has 0 saturated heterocycles. The zero-order valence-electron chi connectivity index (χ0n) is 12.6. The number of thiophene rings is 1. The van der Waals surface area contributed by atoms with Gasteiger partial charge in [0.05, 0.1) is 18.7 Å². The lowest BCUT2D eigenvalue weighted by molar-refractivity contribution is 0.0702. The zero-order chi connectivity index (χ0) is 16.7. The molecule has 2 aromatic rings. The number of carbonyl (C=O) groups excluding carboxylic acids is 1. The molecule has 0 fully saturated rings. The van der Waals surface area contributed by atoms with E-state index in [9.17, 15) is 9.59 Å². The fourth-order valence-corrected chi connectivity index (χ4v) is 2.65. The highest BCUT2D eigenvalue weighted by molar-refractivity contribution is 7.13. The van der Waals surface area contributed by atoms with Crippen LogP contribution in [-0.2, 0) is 11.3 Å². The van der Waals surface area contributed by atoms with Crippen molar-refractivity contribution in [2.75, 3.05) is 20.3 Å². The van der Waals surface area contributed by atoms with Gasteiger partial charge in [-0.3, -0.25) is 4.79 Å². The van der Waals surface area contributed by atoms with Crippen molar-refractivity contribution in [3.63, 3.8) is 0 Å². The molecule has 0 aliphatic heterocycles. The molecule has 23 heavy (non-hydrogen) atoms. The highest BCUT2D eigenvalue weighted by Crippen LogP contribution is 2.19. The Morgan fingerprint density at radius 2 is 1.96 bits per heavy atom. The van der Waals surface area contributed by atoms with E-state index >= 15 is 0 Å². The third kappa shape index (κ3) is 4.80. The Morgan fingerprint density at radius 1 is 1.17 bits per heavy atom. The van der Waals surface area contributed by atoms with Crippen LogP contribution < -0.4 is 10.1 Å². The molecule has 2 rings (SSSR count). The van der Waals surface area contributed by atoms with E-state index in [4.69, 9.17) is 14.6 Å². The van der Waals surface area contributed by atoms with Crippen molar-refractivity contribution >= 4 is 23.2 Å². The molecule has 0 saturated carbocycles. The first-order valence-electron chi connectivity index (χ1n) is 6.92. The second-order valence-electron chi connectivity index (χ2n) is 4.59. The van der Waals surface area contributed by atoms with Gasteiger partial charge < -0.3 is 19.9 Å². The van der Waals surface area contributed by atoms with Crippen molar-refractivity contribution in [1.29, 1.82) is 0 Å². The SMILES string of the molecule is COCCOc1ccccc1C(=O)NCc1ccc(C(=O)O)s1. The number of carboxylic acids is 1. The van der Waals surface area contributed by atoms with Crippen LogP contribution in [0, 0.1) is 0 Å². The molecule has 0 spiro atoms. The summed E-state index contributed by atoms with van der Waals surface area (Å²) < 4.78 is 10.4. The van der Waals surface area contributed by atoms with Crippen LogP contribution in [0.25, 0.3) is 0 Å². The summed E-state index contributed by atoms with van der Waals surface area (Å²) in [5.41, 5.74) is 0.429. The van der Waals surface area contributed by atoms with Gasteiger partial charge in [-0.1, -0.05) is 12.1 Å². The molecule has 0 aliphatic rings. The number of carbonyl (C=O) groups is 2. The minimum atomic E-state index is -0.968. The molecule has 1 aromatic heterocycles. The molecule has 0 aliphatic carbocycles. The lowest BCUT2D eigenvalue weighted by Crippen LogP contribution is -2.23. The maximum atomic E-state index is 12.3. The number of hydrogen-bond acceptors (Lipinski definition) is 5. The van der Waals surface area contributed by atoms with Gasteiger partial charge in [-0.25, -0.2) is 4.79 Å². The van der Waals surface area contributed by atoms with Crippen LogP contribution in [0.15, 0.2) is 36.4 Å². The fourth-order valence-electron chi connectivity index (χ4n) is 1.87. The Kier molecular flexibility index (Phi) is 6.13. The normalized spacial score (nSPS) is 10.3. The minimum Gasteiger partial charge on any atom is -0.490 e. The summed E-state index contributed by atoms with van der Waals surface area (Å²) in [5, 5.41) is 11.7. The lowest BCUT2D eigenvalue weighted by Gasteiger charge is -2.11. The van der Waals surface area contributed by atoms with Crippen molar-refractivity contribution < 1.29 is 24.2 Å². The number of para-hydroxylation sites is 1. The zero-order valence-corrected chi connectivity index (χ0v) is 13.4. The minimum absolute atomic E-state index is 0.248. The number of benzene rings is 1. The maximum Gasteiger partial charge on any atom is 0.345 e. The van der Waals surface area contributed by atoms with Gasteiger partial charge in [0.25, 0.3) is 5.91 Å². The largest absolute Gasteiger partial charge is 0.490 e. The van der Waals surface area contributed by atoms with Gasteiger partial charge in [-0.15, -0.1) is 11.3 Å². The van der Waals surface area contributed by atoms with Gasteiger partial charge in [-0.2, -0.15) is 0 Å². The molecule has 1 amide bonds. The molecular formula is C16H17NO5S. The molecule has 0 radical (unpaired) electrons. The van der Waals surface area contributed by atoms with Crippen LogP contribution in [0.2, 0.25) is 0 Å². The smallest absolute Gasteiger partial charge is 0.345 e. The first kappa shape index (κ1) is 17.0. The second kappa shape index (κ2) is 8.30. The first-order chi connectivity index (χ1) is 11.1. The maximum absolute atomic E-state index is 12.3. The van der Waals surface area contributed by atoms with Crippen LogP contribution in [0.5, 0.6) is 5.75 Å². The van der Waals surface area contributed by atoms with Crippen molar-refractivity contribution in [1.82, 2.24) is 5.32 Å². The Labute approximate surface area is 137 Å². The predicted molar refractivity (Wildman–Crippen MR) is 86.3 cm³/mol. The van der Waals surface area contributed by atoms with E-state index in [0.717, 1.165) is 16.2 Å². The quantitative estimate of drug-likeness (QED) is 0.724. The van der Waals surface area contributed by atoms with Crippen LogP contribution in [0.1, 0.15) is 24.9 Å².